The van der Waals surface area contributed by atoms with Crippen LogP contribution in [0, 0.1) is 0 Å². The number of ether oxygens (including phenoxy) is 2. The molecule has 1 atom stereocenters. The molecule has 24 heavy (non-hydrogen) atoms. The molecular weight excluding hydrogens is 304 g/mol. The number of benzene rings is 2. The van der Waals surface area contributed by atoms with Gasteiger partial charge in [-0.05, 0) is 23.8 Å². The maximum Gasteiger partial charge on any atom is 0.254 e. The standard InChI is InChI=1S/C19H20N2O3/c22-19(21-8-10-23-11-9-21)15-6-7-16-18(12-15)24-13-17(20-16)14-4-2-1-3-5-14/h1-7,12,17,20H,8-11,13H2. The van der Waals surface area contributed by atoms with Gasteiger partial charge in [0.25, 0.3) is 5.91 Å². The summed E-state index contributed by atoms with van der Waals surface area (Å²) in [6.45, 7) is 3.05. The van der Waals surface area contributed by atoms with Gasteiger partial charge in [-0.15, -0.1) is 0 Å². The minimum Gasteiger partial charge on any atom is -0.489 e. The van der Waals surface area contributed by atoms with Crippen LogP contribution in [0.5, 0.6) is 5.75 Å². The van der Waals surface area contributed by atoms with Gasteiger partial charge in [-0.25, -0.2) is 0 Å². The number of morpholine rings is 1. The zero-order valence-corrected chi connectivity index (χ0v) is 13.4. The molecule has 2 aromatic rings. The molecule has 1 fully saturated rings. The highest BCUT2D eigenvalue weighted by Gasteiger charge is 2.23. The monoisotopic (exact) mass is 324 g/mol. The Bertz CT molecular complexity index is 727. The lowest BCUT2D eigenvalue weighted by molar-refractivity contribution is 0.0302. The van der Waals surface area contributed by atoms with E-state index in [0.29, 0.717) is 38.5 Å². The van der Waals surface area contributed by atoms with E-state index in [4.69, 9.17) is 9.47 Å². The molecule has 1 unspecified atom stereocenters. The highest BCUT2D eigenvalue weighted by Crippen LogP contribution is 2.34. The van der Waals surface area contributed by atoms with Gasteiger partial charge in [-0.1, -0.05) is 30.3 Å². The van der Waals surface area contributed by atoms with Gasteiger partial charge in [-0.2, -0.15) is 0 Å². The summed E-state index contributed by atoms with van der Waals surface area (Å²) in [5, 5.41) is 3.49. The van der Waals surface area contributed by atoms with Gasteiger partial charge in [0.15, 0.2) is 0 Å². The highest BCUT2D eigenvalue weighted by atomic mass is 16.5. The SMILES string of the molecule is O=C(c1ccc2c(c1)OCC(c1ccccc1)N2)N1CCOCC1. The Morgan fingerprint density at radius 2 is 1.88 bits per heavy atom. The first-order valence-electron chi connectivity index (χ1n) is 8.26. The number of hydrogen-bond acceptors (Lipinski definition) is 4. The Morgan fingerprint density at radius 3 is 2.67 bits per heavy atom. The summed E-state index contributed by atoms with van der Waals surface area (Å²) in [4.78, 5) is 14.4. The maximum atomic E-state index is 12.6. The van der Waals surface area contributed by atoms with Crippen molar-refractivity contribution in [3.8, 4) is 5.75 Å². The molecule has 0 saturated carbocycles. The average molecular weight is 324 g/mol. The number of fused-ring (bicyclic) bond motifs is 1. The van der Waals surface area contributed by atoms with E-state index < -0.39 is 0 Å². The van der Waals surface area contributed by atoms with Crippen molar-refractivity contribution in [1.29, 1.82) is 0 Å². The van der Waals surface area contributed by atoms with Crippen LogP contribution in [-0.2, 0) is 4.74 Å². The second-order valence-corrected chi connectivity index (χ2v) is 6.03. The van der Waals surface area contributed by atoms with Crippen LogP contribution in [0.3, 0.4) is 0 Å². The van der Waals surface area contributed by atoms with Crippen LogP contribution >= 0.6 is 0 Å². The molecule has 1 N–H and O–H groups in total. The first-order valence-corrected chi connectivity index (χ1v) is 8.26. The summed E-state index contributed by atoms with van der Waals surface area (Å²) in [6.07, 6.45) is 0. The summed E-state index contributed by atoms with van der Waals surface area (Å²) >= 11 is 0. The maximum absolute atomic E-state index is 12.6. The lowest BCUT2D eigenvalue weighted by Gasteiger charge is -2.29. The zero-order valence-electron chi connectivity index (χ0n) is 13.4. The Labute approximate surface area is 141 Å². The fraction of sp³-hybridized carbons (Fsp3) is 0.316. The lowest BCUT2D eigenvalue weighted by Crippen LogP contribution is -2.40. The van der Waals surface area contributed by atoms with Gasteiger partial charge in [0.1, 0.15) is 12.4 Å². The van der Waals surface area contributed by atoms with Crippen molar-refractivity contribution < 1.29 is 14.3 Å². The molecule has 2 heterocycles. The van der Waals surface area contributed by atoms with Crippen LogP contribution in [0.1, 0.15) is 22.0 Å². The van der Waals surface area contributed by atoms with Crippen molar-refractivity contribution >= 4 is 11.6 Å². The third-order valence-corrected chi connectivity index (χ3v) is 4.46. The number of nitrogens with zero attached hydrogens (tertiary/aromatic N) is 1. The van der Waals surface area contributed by atoms with Gasteiger partial charge in [-0.3, -0.25) is 4.79 Å². The van der Waals surface area contributed by atoms with Crippen molar-refractivity contribution in [2.45, 2.75) is 6.04 Å². The number of hydrogen-bond donors (Lipinski definition) is 1. The molecule has 5 nitrogen and oxygen atoms in total. The fourth-order valence-corrected chi connectivity index (χ4v) is 3.11. The van der Waals surface area contributed by atoms with E-state index in [1.165, 1.54) is 5.56 Å². The van der Waals surface area contributed by atoms with Crippen LogP contribution in [0.4, 0.5) is 5.69 Å². The zero-order chi connectivity index (χ0) is 16.4. The molecule has 0 radical (unpaired) electrons. The molecule has 0 aromatic heterocycles. The molecule has 2 aliphatic heterocycles. The molecule has 0 aliphatic carbocycles. The predicted octanol–water partition coefficient (Wildman–Crippen LogP) is 2.70. The smallest absolute Gasteiger partial charge is 0.254 e. The summed E-state index contributed by atoms with van der Waals surface area (Å²) in [7, 11) is 0. The van der Waals surface area contributed by atoms with E-state index in [9.17, 15) is 4.79 Å². The number of rotatable bonds is 2. The summed E-state index contributed by atoms with van der Waals surface area (Å²) in [5.74, 6) is 0.774. The number of amides is 1. The first kappa shape index (κ1) is 15.0. The molecule has 1 saturated heterocycles. The Morgan fingerprint density at radius 1 is 1.08 bits per heavy atom. The average Bonchev–Trinajstić information content (AvgIpc) is 2.68. The van der Waals surface area contributed by atoms with E-state index in [0.717, 1.165) is 11.4 Å². The van der Waals surface area contributed by atoms with Crippen LogP contribution in [0.25, 0.3) is 0 Å². The quantitative estimate of drug-likeness (QED) is 0.923. The van der Waals surface area contributed by atoms with E-state index in [1.807, 2.05) is 41.3 Å². The normalized spacial score (nSPS) is 19.8. The molecule has 2 aromatic carbocycles. The summed E-state index contributed by atoms with van der Waals surface area (Å²) in [5.41, 5.74) is 2.78. The number of carbonyl (C=O) groups excluding carboxylic acids is 1. The van der Waals surface area contributed by atoms with E-state index in [1.54, 1.807) is 0 Å². The largest absolute Gasteiger partial charge is 0.489 e. The van der Waals surface area contributed by atoms with E-state index in [2.05, 4.69) is 17.4 Å². The van der Waals surface area contributed by atoms with E-state index in [-0.39, 0.29) is 11.9 Å². The van der Waals surface area contributed by atoms with Crippen molar-refractivity contribution in [1.82, 2.24) is 4.90 Å². The van der Waals surface area contributed by atoms with Crippen LogP contribution in [-0.4, -0.2) is 43.7 Å². The molecule has 124 valence electrons. The number of nitrogens with one attached hydrogen (secondary N) is 1. The molecule has 4 rings (SSSR count). The Balaban J connectivity index is 1.52. The molecule has 5 heteroatoms. The molecule has 1 amide bonds. The molecule has 2 aliphatic rings. The lowest BCUT2D eigenvalue weighted by atomic mass is 10.0. The van der Waals surface area contributed by atoms with Gasteiger partial charge >= 0.3 is 0 Å². The second-order valence-electron chi connectivity index (χ2n) is 6.03. The van der Waals surface area contributed by atoms with Crippen LogP contribution < -0.4 is 10.1 Å². The van der Waals surface area contributed by atoms with Crippen molar-refractivity contribution in [3.05, 3.63) is 59.7 Å². The Hall–Kier alpha value is -2.53. The highest BCUT2D eigenvalue weighted by molar-refractivity contribution is 5.95. The minimum absolute atomic E-state index is 0.0369. The minimum atomic E-state index is 0.0369. The number of carbonyl (C=O) groups is 1. The number of anilines is 1. The third-order valence-electron chi connectivity index (χ3n) is 4.46. The van der Waals surface area contributed by atoms with Gasteiger partial charge in [0.2, 0.25) is 0 Å². The van der Waals surface area contributed by atoms with Gasteiger partial charge in [0, 0.05) is 18.7 Å². The van der Waals surface area contributed by atoms with Crippen LogP contribution in [0.15, 0.2) is 48.5 Å². The predicted molar refractivity (Wildman–Crippen MR) is 91.5 cm³/mol. The van der Waals surface area contributed by atoms with Gasteiger partial charge < -0.3 is 19.7 Å². The topological polar surface area (TPSA) is 50.8 Å². The summed E-state index contributed by atoms with van der Waals surface area (Å²) in [6, 6.07) is 16.0. The fourth-order valence-electron chi connectivity index (χ4n) is 3.11. The van der Waals surface area contributed by atoms with Gasteiger partial charge in [0.05, 0.1) is 24.9 Å². The van der Waals surface area contributed by atoms with E-state index >= 15 is 0 Å². The van der Waals surface area contributed by atoms with Crippen molar-refractivity contribution in [2.24, 2.45) is 0 Å². The van der Waals surface area contributed by atoms with Crippen molar-refractivity contribution in [2.75, 3.05) is 38.2 Å². The Kier molecular flexibility index (Phi) is 4.09. The van der Waals surface area contributed by atoms with Crippen LogP contribution in [0.2, 0.25) is 0 Å². The molecular formula is C19H20N2O3. The summed E-state index contributed by atoms with van der Waals surface area (Å²) < 4.78 is 11.2. The third kappa shape index (κ3) is 2.95. The molecule has 0 spiro atoms. The second kappa shape index (κ2) is 6.53. The molecule has 0 bridgehead atoms. The first-order chi connectivity index (χ1) is 11.8. The van der Waals surface area contributed by atoms with Crippen molar-refractivity contribution in [3.63, 3.8) is 0 Å².